The van der Waals surface area contributed by atoms with Crippen LogP contribution in [0.2, 0.25) is 0 Å². The molecule has 1 fully saturated rings. The van der Waals surface area contributed by atoms with Crippen molar-refractivity contribution in [1.29, 1.82) is 0 Å². The highest BCUT2D eigenvalue weighted by molar-refractivity contribution is 5.43. The zero-order valence-electron chi connectivity index (χ0n) is 10.4. The molecule has 3 heteroatoms. The number of pyridine rings is 1. The Balaban J connectivity index is 1.80. The molecule has 1 N–H and O–H groups in total. The number of fused-ring (bicyclic) bond motifs is 1. The SMILES string of the molecule is CC1CN(c2ccc3c(n2)CCC3)CCC1O. The largest absolute Gasteiger partial charge is 0.393 e. The van der Waals surface area contributed by atoms with Gasteiger partial charge >= 0.3 is 0 Å². The number of aromatic nitrogens is 1. The molecule has 1 saturated heterocycles. The highest BCUT2D eigenvalue weighted by atomic mass is 16.3. The summed E-state index contributed by atoms with van der Waals surface area (Å²) in [4.78, 5) is 7.10. The zero-order chi connectivity index (χ0) is 11.8. The van der Waals surface area contributed by atoms with Crippen molar-refractivity contribution in [3.05, 3.63) is 23.4 Å². The van der Waals surface area contributed by atoms with Gasteiger partial charge < -0.3 is 10.0 Å². The van der Waals surface area contributed by atoms with Gasteiger partial charge in [0.1, 0.15) is 5.82 Å². The summed E-state index contributed by atoms with van der Waals surface area (Å²) in [6, 6.07) is 4.38. The van der Waals surface area contributed by atoms with Gasteiger partial charge in [0.2, 0.25) is 0 Å². The summed E-state index contributed by atoms with van der Waals surface area (Å²) in [7, 11) is 0. The first-order valence-corrected chi connectivity index (χ1v) is 6.66. The summed E-state index contributed by atoms with van der Waals surface area (Å²) in [5, 5.41) is 9.75. The molecule has 2 atom stereocenters. The third kappa shape index (κ3) is 2.04. The van der Waals surface area contributed by atoms with Crippen LogP contribution in [0.4, 0.5) is 5.82 Å². The van der Waals surface area contributed by atoms with Gasteiger partial charge in [-0.3, -0.25) is 0 Å². The van der Waals surface area contributed by atoms with Crippen molar-refractivity contribution in [3.8, 4) is 0 Å². The average Bonchev–Trinajstić information content (AvgIpc) is 2.79. The fourth-order valence-electron chi connectivity index (χ4n) is 2.93. The summed E-state index contributed by atoms with van der Waals surface area (Å²) in [6.07, 6.45) is 4.30. The van der Waals surface area contributed by atoms with Gasteiger partial charge in [-0.1, -0.05) is 13.0 Å². The minimum absolute atomic E-state index is 0.138. The minimum Gasteiger partial charge on any atom is -0.393 e. The second-order valence-corrected chi connectivity index (χ2v) is 5.41. The van der Waals surface area contributed by atoms with Gasteiger partial charge in [-0.25, -0.2) is 4.98 Å². The number of nitrogens with zero attached hydrogens (tertiary/aromatic N) is 2. The monoisotopic (exact) mass is 232 g/mol. The summed E-state index contributed by atoms with van der Waals surface area (Å²) in [5.74, 6) is 1.45. The second-order valence-electron chi connectivity index (χ2n) is 5.41. The maximum absolute atomic E-state index is 9.75. The molecule has 2 heterocycles. The summed E-state index contributed by atoms with van der Waals surface area (Å²) in [6.45, 7) is 3.97. The molecule has 0 bridgehead atoms. The van der Waals surface area contributed by atoms with E-state index in [0.717, 1.165) is 31.7 Å². The van der Waals surface area contributed by atoms with Gasteiger partial charge in [-0.2, -0.15) is 0 Å². The van der Waals surface area contributed by atoms with Crippen LogP contribution in [0, 0.1) is 5.92 Å². The lowest BCUT2D eigenvalue weighted by Gasteiger charge is -2.35. The number of piperidine rings is 1. The van der Waals surface area contributed by atoms with Crippen LogP contribution >= 0.6 is 0 Å². The Labute approximate surface area is 102 Å². The molecule has 1 aliphatic heterocycles. The van der Waals surface area contributed by atoms with E-state index in [-0.39, 0.29) is 6.10 Å². The highest BCUT2D eigenvalue weighted by Gasteiger charge is 2.25. The molecule has 3 nitrogen and oxygen atoms in total. The predicted octanol–water partition coefficient (Wildman–Crippen LogP) is 1.78. The normalized spacial score (nSPS) is 28.2. The van der Waals surface area contributed by atoms with Crippen LogP contribution in [-0.2, 0) is 12.8 Å². The Morgan fingerprint density at radius 1 is 1.35 bits per heavy atom. The number of aryl methyl sites for hydroxylation is 2. The highest BCUT2D eigenvalue weighted by Crippen LogP contribution is 2.26. The van der Waals surface area contributed by atoms with E-state index in [1.807, 2.05) is 0 Å². The summed E-state index contributed by atoms with van der Waals surface area (Å²) < 4.78 is 0. The smallest absolute Gasteiger partial charge is 0.128 e. The van der Waals surface area contributed by atoms with Gasteiger partial charge in [-0.15, -0.1) is 0 Å². The van der Waals surface area contributed by atoms with Crippen LogP contribution in [0.5, 0.6) is 0 Å². The lowest BCUT2D eigenvalue weighted by molar-refractivity contribution is 0.0969. The number of anilines is 1. The van der Waals surface area contributed by atoms with E-state index >= 15 is 0 Å². The number of hydrogen-bond acceptors (Lipinski definition) is 3. The molecule has 0 aromatic carbocycles. The average molecular weight is 232 g/mol. The van der Waals surface area contributed by atoms with Crippen molar-refractivity contribution in [2.45, 2.75) is 38.7 Å². The number of aliphatic hydroxyl groups is 1. The Morgan fingerprint density at radius 2 is 2.24 bits per heavy atom. The molecule has 0 radical (unpaired) electrons. The molecule has 17 heavy (non-hydrogen) atoms. The molecule has 1 aliphatic carbocycles. The van der Waals surface area contributed by atoms with Crippen molar-refractivity contribution in [2.75, 3.05) is 18.0 Å². The van der Waals surface area contributed by atoms with Crippen molar-refractivity contribution in [3.63, 3.8) is 0 Å². The van der Waals surface area contributed by atoms with Crippen molar-refractivity contribution in [2.24, 2.45) is 5.92 Å². The van der Waals surface area contributed by atoms with E-state index < -0.39 is 0 Å². The molecule has 1 aromatic rings. The first kappa shape index (κ1) is 11.0. The molecule has 0 saturated carbocycles. The Hall–Kier alpha value is -1.09. The van der Waals surface area contributed by atoms with Gasteiger partial charge in [0, 0.05) is 18.8 Å². The summed E-state index contributed by atoms with van der Waals surface area (Å²) >= 11 is 0. The topological polar surface area (TPSA) is 36.4 Å². The first-order valence-electron chi connectivity index (χ1n) is 6.66. The third-order valence-electron chi connectivity index (χ3n) is 4.10. The van der Waals surface area contributed by atoms with Gasteiger partial charge in [0.05, 0.1) is 6.10 Å². The summed E-state index contributed by atoms with van der Waals surface area (Å²) in [5.41, 5.74) is 2.72. The van der Waals surface area contributed by atoms with Crippen molar-refractivity contribution >= 4 is 5.82 Å². The Kier molecular flexibility index (Phi) is 2.79. The maximum atomic E-state index is 9.75. The lowest BCUT2D eigenvalue weighted by atomic mass is 9.97. The van der Waals surface area contributed by atoms with Gasteiger partial charge in [0.15, 0.2) is 0 Å². The number of rotatable bonds is 1. The standard InChI is InChI=1S/C14H20N2O/c1-10-9-16(8-7-13(10)17)14-6-5-11-3-2-4-12(11)15-14/h5-6,10,13,17H,2-4,7-9H2,1H3. The molecule has 92 valence electrons. The van der Waals surface area contributed by atoms with Crippen LogP contribution in [0.25, 0.3) is 0 Å². The van der Waals surface area contributed by atoms with Crippen LogP contribution in [-0.4, -0.2) is 29.3 Å². The van der Waals surface area contributed by atoms with Crippen molar-refractivity contribution < 1.29 is 5.11 Å². The van der Waals surface area contributed by atoms with Crippen LogP contribution in [0.15, 0.2) is 12.1 Å². The van der Waals surface area contributed by atoms with E-state index in [2.05, 4.69) is 24.0 Å². The van der Waals surface area contributed by atoms with E-state index in [1.165, 1.54) is 24.1 Å². The van der Waals surface area contributed by atoms with E-state index in [9.17, 15) is 5.11 Å². The fraction of sp³-hybridized carbons (Fsp3) is 0.643. The minimum atomic E-state index is -0.138. The molecular formula is C14H20N2O. The molecule has 2 aliphatic rings. The van der Waals surface area contributed by atoms with E-state index in [1.54, 1.807) is 0 Å². The quantitative estimate of drug-likeness (QED) is 0.802. The zero-order valence-corrected chi connectivity index (χ0v) is 10.4. The van der Waals surface area contributed by atoms with Gasteiger partial charge in [-0.05, 0) is 43.2 Å². The number of hydrogen-bond donors (Lipinski definition) is 1. The van der Waals surface area contributed by atoms with Crippen LogP contribution in [0.3, 0.4) is 0 Å². The molecule has 2 unspecified atom stereocenters. The number of aliphatic hydroxyl groups excluding tert-OH is 1. The van der Waals surface area contributed by atoms with Crippen molar-refractivity contribution in [1.82, 2.24) is 4.98 Å². The molecule has 0 spiro atoms. The first-order chi connectivity index (χ1) is 8.24. The van der Waals surface area contributed by atoms with E-state index in [0.29, 0.717) is 5.92 Å². The van der Waals surface area contributed by atoms with Crippen LogP contribution < -0.4 is 4.90 Å². The van der Waals surface area contributed by atoms with Gasteiger partial charge in [0.25, 0.3) is 0 Å². The predicted molar refractivity (Wildman–Crippen MR) is 68.3 cm³/mol. The van der Waals surface area contributed by atoms with Crippen LogP contribution in [0.1, 0.15) is 31.0 Å². The molecular weight excluding hydrogens is 212 g/mol. The Morgan fingerprint density at radius 3 is 3.06 bits per heavy atom. The maximum Gasteiger partial charge on any atom is 0.128 e. The lowest BCUT2D eigenvalue weighted by Crippen LogP contribution is -2.42. The molecule has 3 rings (SSSR count). The molecule has 1 aromatic heterocycles. The Bertz CT molecular complexity index is 419. The molecule has 0 amide bonds. The second kappa shape index (κ2) is 4.30. The fourth-order valence-corrected chi connectivity index (χ4v) is 2.93. The third-order valence-corrected chi connectivity index (χ3v) is 4.10. The van der Waals surface area contributed by atoms with E-state index in [4.69, 9.17) is 4.98 Å².